The first-order chi connectivity index (χ1) is 11.3. The topological polar surface area (TPSA) is 24.5 Å². The number of methoxy groups -OCH3 is 1. The third kappa shape index (κ3) is 3.71. The molecule has 1 fully saturated rings. The van der Waals surface area contributed by atoms with Crippen molar-refractivity contribution >= 4 is 0 Å². The maximum Gasteiger partial charge on any atom is 0.128 e. The molecule has 23 heavy (non-hydrogen) atoms. The molecule has 0 amide bonds. The SMILES string of the molecule is COc1ccc(C(c2ccccc2F)N2CCCNCC2)cc1. The highest BCUT2D eigenvalue weighted by Crippen LogP contribution is 2.31. The molecule has 3 nitrogen and oxygen atoms in total. The Labute approximate surface area is 137 Å². The van der Waals surface area contributed by atoms with Gasteiger partial charge < -0.3 is 10.1 Å². The molecule has 0 spiro atoms. The summed E-state index contributed by atoms with van der Waals surface area (Å²) < 4.78 is 19.7. The standard InChI is InChI=1S/C19H23FN2O/c1-23-16-9-7-15(8-10-16)19(17-5-2-3-6-18(17)20)22-13-4-11-21-12-14-22/h2-3,5-10,19,21H,4,11-14H2,1H3. The number of hydrogen-bond donors (Lipinski definition) is 1. The van der Waals surface area contributed by atoms with Gasteiger partial charge in [-0.1, -0.05) is 30.3 Å². The number of nitrogens with zero attached hydrogens (tertiary/aromatic N) is 1. The maximum atomic E-state index is 14.5. The van der Waals surface area contributed by atoms with Gasteiger partial charge in [0, 0.05) is 25.2 Å². The van der Waals surface area contributed by atoms with Crippen molar-refractivity contribution in [3.05, 3.63) is 65.5 Å². The molecule has 0 aromatic heterocycles. The number of rotatable bonds is 4. The van der Waals surface area contributed by atoms with E-state index >= 15 is 0 Å². The van der Waals surface area contributed by atoms with Gasteiger partial charge in [-0.15, -0.1) is 0 Å². The van der Waals surface area contributed by atoms with Crippen molar-refractivity contribution in [3.8, 4) is 5.75 Å². The van der Waals surface area contributed by atoms with E-state index in [0.29, 0.717) is 0 Å². The lowest BCUT2D eigenvalue weighted by Gasteiger charge is -2.31. The lowest BCUT2D eigenvalue weighted by Crippen LogP contribution is -2.33. The molecule has 2 aromatic rings. The average molecular weight is 314 g/mol. The average Bonchev–Trinajstić information content (AvgIpc) is 2.87. The zero-order valence-electron chi connectivity index (χ0n) is 13.5. The minimum Gasteiger partial charge on any atom is -0.497 e. The molecule has 0 saturated carbocycles. The second kappa shape index (κ2) is 7.57. The summed E-state index contributed by atoms with van der Waals surface area (Å²) >= 11 is 0. The minimum absolute atomic E-state index is 0.0676. The van der Waals surface area contributed by atoms with E-state index in [4.69, 9.17) is 4.74 Å². The molecule has 1 unspecified atom stereocenters. The van der Waals surface area contributed by atoms with Crippen LogP contribution in [0.1, 0.15) is 23.6 Å². The van der Waals surface area contributed by atoms with Crippen molar-refractivity contribution in [1.82, 2.24) is 10.2 Å². The van der Waals surface area contributed by atoms with Crippen LogP contribution in [-0.4, -0.2) is 38.2 Å². The molecule has 1 aliphatic rings. The molecule has 0 aliphatic carbocycles. The quantitative estimate of drug-likeness (QED) is 0.938. The number of nitrogens with one attached hydrogen (secondary N) is 1. The van der Waals surface area contributed by atoms with Crippen LogP contribution in [0.15, 0.2) is 48.5 Å². The highest BCUT2D eigenvalue weighted by atomic mass is 19.1. The Hall–Kier alpha value is -1.91. The smallest absolute Gasteiger partial charge is 0.128 e. The highest BCUT2D eigenvalue weighted by Gasteiger charge is 2.25. The summed E-state index contributed by atoms with van der Waals surface area (Å²) in [5.74, 6) is 0.670. The van der Waals surface area contributed by atoms with Gasteiger partial charge in [0.05, 0.1) is 13.2 Å². The number of halogens is 1. The van der Waals surface area contributed by atoms with Crippen molar-refractivity contribution < 1.29 is 9.13 Å². The number of ether oxygens (including phenoxy) is 1. The van der Waals surface area contributed by atoms with Crippen molar-refractivity contribution in [2.45, 2.75) is 12.5 Å². The van der Waals surface area contributed by atoms with Gasteiger partial charge in [-0.3, -0.25) is 4.90 Å². The molecule has 1 heterocycles. The maximum absolute atomic E-state index is 14.5. The van der Waals surface area contributed by atoms with E-state index < -0.39 is 0 Å². The van der Waals surface area contributed by atoms with Crippen molar-refractivity contribution in [1.29, 1.82) is 0 Å². The van der Waals surface area contributed by atoms with Gasteiger partial charge in [-0.05, 0) is 36.7 Å². The Morgan fingerprint density at radius 1 is 1.04 bits per heavy atom. The number of hydrogen-bond acceptors (Lipinski definition) is 3. The fourth-order valence-corrected chi connectivity index (χ4v) is 3.19. The van der Waals surface area contributed by atoms with Crippen LogP contribution >= 0.6 is 0 Å². The fourth-order valence-electron chi connectivity index (χ4n) is 3.19. The molecule has 0 radical (unpaired) electrons. The molecule has 1 N–H and O–H groups in total. The van der Waals surface area contributed by atoms with Gasteiger partial charge in [0.25, 0.3) is 0 Å². The van der Waals surface area contributed by atoms with E-state index in [-0.39, 0.29) is 11.9 Å². The van der Waals surface area contributed by atoms with Gasteiger partial charge in [0.1, 0.15) is 11.6 Å². The van der Waals surface area contributed by atoms with E-state index in [2.05, 4.69) is 10.2 Å². The Balaban J connectivity index is 1.99. The molecule has 3 rings (SSSR count). The monoisotopic (exact) mass is 314 g/mol. The largest absolute Gasteiger partial charge is 0.497 e. The normalized spacial score (nSPS) is 17.5. The van der Waals surface area contributed by atoms with E-state index in [0.717, 1.165) is 49.5 Å². The Morgan fingerprint density at radius 3 is 2.57 bits per heavy atom. The van der Waals surface area contributed by atoms with Crippen molar-refractivity contribution in [2.75, 3.05) is 33.3 Å². The van der Waals surface area contributed by atoms with Crippen LogP contribution in [0.5, 0.6) is 5.75 Å². The summed E-state index contributed by atoms with van der Waals surface area (Å²) in [5.41, 5.74) is 1.83. The first-order valence-electron chi connectivity index (χ1n) is 8.13. The summed E-state index contributed by atoms with van der Waals surface area (Å²) in [6.07, 6.45) is 1.07. The van der Waals surface area contributed by atoms with Gasteiger partial charge in [0.2, 0.25) is 0 Å². The zero-order valence-corrected chi connectivity index (χ0v) is 13.5. The summed E-state index contributed by atoms with van der Waals surface area (Å²) in [7, 11) is 1.66. The molecule has 2 aromatic carbocycles. The fraction of sp³-hybridized carbons (Fsp3) is 0.368. The molecule has 4 heteroatoms. The van der Waals surface area contributed by atoms with Gasteiger partial charge in [0.15, 0.2) is 0 Å². The molecule has 122 valence electrons. The summed E-state index contributed by atoms with van der Waals surface area (Å²) in [5, 5.41) is 3.41. The van der Waals surface area contributed by atoms with Crippen LogP contribution in [0.3, 0.4) is 0 Å². The van der Waals surface area contributed by atoms with E-state index in [1.807, 2.05) is 36.4 Å². The van der Waals surface area contributed by atoms with Crippen LogP contribution in [0.25, 0.3) is 0 Å². The second-order valence-electron chi connectivity index (χ2n) is 5.84. The lowest BCUT2D eigenvalue weighted by molar-refractivity contribution is 0.236. The summed E-state index contributed by atoms with van der Waals surface area (Å²) in [6, 6.07) is 15.0. The predicted octanol–water partition coefficient (Wildman–Crippen LogP) is 3.22. The van der Waals surface area contributed by atoms with Crippen LogP contribution in [-0.2, 0) is 0 Å². The molecule has 1 atom stereocenters. The van der Waals surface area contributed by atoms with E-state index in [1.54, 1.807) is 19.2 Å². The van der Waals surface area contributed by atoms with E-state index in [9.17, 15) is 4.39 Å². The third-order valence-electron chi connectivity index (χ3n) is 4.37. The van der Waals surface area contributed by atoms with E-state index in [1.165, 1.54) is 0 Å². The van der Waals surface area contributed by atoms with Crippen LogP contribution in [0, 0.1) is 5.82 Å². The number of benzene rings is 2. The Kier molecular flexibility index (Phi) is 5.26. The Bertz CT molecular complexity index is 622. The molecular formula is C19H23FN2O. The van der Waals surface area contributed by atoms with Gasteiger partial charge in [-0.25, -0.2) is 4.39 Å². The Morgan fingerprint density at radius 2 is 1.83 bits per heavy atom. The third-order valence-corrected chi connectivity index (χ3v) is 4.37. The second-order valence-corrected chi connectivity index (χ2v) is 5.84. The van der Waals surface area contributed by atoms with Crippen LogP contribution < -0.4 is 10.1 Å². The highest BCUT2D eigenvalue weighted by molar-refractivity contribution is 5.36. The first-order valence-corrected chi connectivity index (χ1v) is 8.13. The minimum atomic E-state index is -0.148. The van der Waals surface area contributed by atoms with Gasteiger partial charge in [-0.2, -0.15) is 0 Å². The van der Waals surface area contributed by atoms with Crippen LogP contribution in [0.4, 0.5) is 4.39 Å². The molecule has 1 saturated heterocycles. The lowest BCUT2D eigenvalue weighted by atomic mass is 9.96. The van der Waals surface area contributed by atoms with Crippen molar-refractivity contribution in [2.24, 2.45) is 0 Å². The summed E-state index contributed by atoms with van der Waals surface area (Å²) in [4.78, 5) is 2.36. The summed E-state index contributed by atoms with van der Waals surface area (Å²) in [6.45, 7) is 3.81. The molecular weight excluding hydrogens is 291 g/mol. The van der Waals surface area contributed by atoms with Gasteiger partial charge >= 0.3 is 0 Å². The zero-order chi connectivity index (χ0) is 16.1. The first kappa shape index (κ1) is 16.0. The van der Waals surface area contributed by atoms with Crippen LogP contribution in [0.2, 0.25) is 0 Å². The van der Waals surface area contributed by atoms with Crippen molar-refractivity contribution in [3.63, 3.8) is 0 Å². The predicted molar refractivity (Wildman–Crippen MR) is 90.3 cm³/mol. The molecule has 1 aliphatic heterocycles. The molecule has 0 bridgehead atoms.